The Labute approximate surface area is 115 Å². The fourth-order valence-electron chi connectivity index (χ4n) is 2.62. The summed E-state index contributed by atoms with van der Waals surface area (Å²) < 4.78 is 2.35. The summed E-state index contributed by atoms with van der Waals surface area (Å²) in [6.45, 7) is 7.60. The summed E-state index contributed by atoms with van der Waals surface area (Å²) in [6, 6.07) is 6.38. The molecule has 0 saturated carbocycles. The maximum absolute atomic E-state index is 5.86. The smallest absolute Gasteiger partial charge is 0.112 e. The van der Waals surface area contributed by atoms with Crippen LogP contribution in [0.15, 0.2) is 18.2 Å². The summed E-state index contributed by atoms with van der Waals surface area (Å²) in [5.74, 6) is 1.54. The number of imidazole rings is 1. The molecule has 1 aromatic heterocycles. The predicted molar refractivity (Wildman–Crippen MR) is 81.5 cm³/mol. The molecule has 1 aromatic carbocycles. The minimum absolute atomic E-state index is 0.390. The van der Waals surface area contributed by atoms with Gasteiger partial charge in [0.1, 0.15) is 5.82 Å². The van der Waals surface area contributed by atoms with Crippen LogP contribution in [0.5, 0.6) is 0 Å². The van der Waals surface area contributed by atoms with Gasteiger partial charge in [-0.1, -0.05) is 13.8 Å². The molecule has 0 aliphatic heterocycles. The van der Waals surface area contributed by atoms with Gasteiger partial charge >= 0.3 is 0 Å². The molecule has 19 heavy (non-hydrogen) atoms. The number of rotatable bonds is 4. The second-order valence-corrected chi connectivity index (χ2v) is 5.85. The number of likely N-dealkylation sites (N-methyl/N-ethyl adjacent to an activating group) is 1. The van der Waals surface area contributed by atoms with E-state index in [0.717, 1.165) is 23.6 Å². The van der Waals surface area contributed by atoms with E-state index in [1.807, 2.05) is 12.1 Å². The molecule has 1 atom stereocenters. The lowest BCUT2D eigenvalue weighted by Gasteiger charge is -2.22. The molecule has 2 aromatic rings. The van der Waals surface area contributed by atoms with Crippen molar-refractivity contribution in [3.63, 3.8) is 0 Å². The highest BCUT2D eigenvalue weighted by Crippen LogP contribution is 2.27. The van der Waals surface area contributed by atoms with E-state index < -0.39 is 0 Å². The molecule has 1 unspecified atom stereocenters. The van der Waals surface area contributed by atoms with E-state index in [9.17, 15) is 0 Å². The van der Waals surface area contributed by atoms with Gasteiger partial charge in [-0.3, -0.25) is 0 Å². The molecule has 0 aliphatic rings. The summed E-state index contributed by atoms with van der Waals surface area (Å²) in [5.41, 5.74) is 8.80. The molecule has 0 fully saturated rings. The third kappa shape index (κ3) is 2.73. The normalized spacial score (nSPS) is 13.6. The third-order valence-electron chi connectivity index (χ3n) is 3.33. The first kappa shape index (κ1) is 13.9. The molecule has 4 nitrogen and oxygen atoms in total. The van der Waals surface area contributed by atoms with Crippen LogP contribution in [0.25, 0.3) is 11.0 Å². The Kier molecular flexibility index (Phi) is 3.80. The predicted octanol–water partition coefficient (Wildman–Crippen LogP) is 2.86. The number of fused-ring (bicyclic) bond motifs is 1. The van der Waals surface area contributed by atoms with E-state index >= 15 is 0 Å². The van der Waals surface area contributed by atoms with Crippen molar-refractivity contribution < 1.29 is 0 Å². The van der Waals surface area contributed by atoms with Crippen molar-refractivity contribution in [1.29, 1.82) is 0 Å². The van der Waals surface area contributed by atoms with Crippen LogP contribution in [0.4, 0.5) is 5.69 Å². The van der Waals surface area contributed by atoms with Gasteiger partial charge in [0.05, 0.1) is 11.0 Å². The van der Waals surface area contributed by atoms with E-state index in [2.05, 4.69) is 50.4 Å². The van der Waals surface area contributed by atoms with Gasteiger partial charge in [-0.05, 0) is 39.2 Å². The molecule has 0 radical (unpaired) electrons. The molecule has 0 saturated heterocycles. The summed E-state index contributed by atoms with van der Waals surface area (Å²) in [5, 5.41) is 0. The molecule has 2 N–H and O–H groups in total. The van der Waals surface area contributed by atoms with Gasteiger partial charge in [0.25, 0.3) is 0 Å². The zero-order chi connectivity index (χ0) is 14.2. The second kappa shape index (κ2) is 5.21. The quantitative estimate of drug-likeness (QED) is 0.860. The first-order chi connectivity index (χ1) is 8.90. The van der Waals surface area contributed by atoms with E-state index in [0.29, 0.717) is 12.0 Å². The summed E-state index contributed by atoms with van der Waals surface area (Å²) in [4.78, 5) is 6.97. The van der Waals surface area contributed by atoms with Crippen molar-refractivity contribution in [1.82, 2.24) is 14.5 Å². The second-order valence-electron chi connectivity index (χ2n) is 5.85. The monoisotopic (exact) mass is 260 g/mol. The lowest BCUT2D eigenvalue weighted by Crippen LogP contribution is -2.24. The SMILES string of the molecule is CC(C)c1nc2cc(N)ccc2n1C(C)CN(C)C. The van der Waals surface area contributed by atoms with Crippen LogP contribution in [0.3, 0.4) is 0 Å². The number of nitrogens with zero attached hydrogens (tertiary/aromatic N) is 3. The molecule has 0 spiro atoms. The van der Waals surface area contributed by atoms with Gasteiger partial charge in [0.2, 0.25) is 0 Å². The molecule has 4 heteroatoms. The van der Waals surface area contributed by atoms with Crippen LogP contribution in [0.2, 0.25) is 0 Å². The third-order valence-corrected chi connectivity index (χ3v) is 3.33. The van der Waals surface area contributed by atoms with Crippen LogP contribution in [-0.2, 0) is 0 Å². The Morgan fingerprint density at radius 3 is 2.53 bits per heavy atom. The molecule has 0 aliphatic carbocycles. The molecular formula is C15H24N4. The summed E-state index contributed by atoms with van der Waals surface area (Å²) in [7, 11) is 4.20. The number of aromatic nitrogens is 2. The van der Waals surface area contributed by atoms with Gasteiger partial charge < -0.3 is 15.2 Å². The van der Waals surface area contributed by atoms with E-state index in [-0.39, 0.29) is 0 Å². The number of hydrogen-bond donors (Lipinski definition) is 1. The highest BCUT2D eigenvalue weighted by molar-refractivity contribution is 5.80. The fraction of sp³-hybridized carbons (Fsp3) is 0.533. The topological polar surface area (TPSA) is 47.1 Å². The molecule has 0 amide bonds. The van der Waals surface area contributed by atoms with Crippen molar-refractivity contribution >= 4 is 16.7 Å². The zero-order valence-electron chi connectivity index (χ0n) is 12.5. The number of nitrogen functional groups attached to an aromatic ring is 1. The van der Waals surface area contributed by atoms with E-state index in [1.54, 1.807) is 0 Å². The number of nitrogens with two attached hydrogens (primary N) is 1. The van der Waals surface area contributed by atoms with Crippen LogP contribution >= 0.6 is 0 Å². The lowest BCUT2D eigenvalue weighted by molar-refractivity contribution is 0.335. The van der Waals surface area contributed by atoms with Crippen molar-refractivity contribution in [2.75, 3.05) is 26.4 Å². The zero-order valence-corrected chi connectivity index (χ0v) is 12.5. The van der Waals surface area contributed by atoms with Crippen LogP contribution in [-0.4, -0.2) is 35.1 Å². The van der Waals surface area contributed by atoms with Crippen molar-refractivity contribution in [2.45, 2.75) is 32.7 Å². The first-order valence-corrected chi connectivity index (χ1v) is 6.82. The highest BCUT2D eigenvalue weighted by atomic mass is 15.2. The maximum atomic E-state index is 5.86. The average molecular weight is 260 g/mol. The van der Waals surface area contributed by atoms with Crippen LogP contribution in [0, 0.1) is 0 Å². The molecule has 2 rings (SSSR count). The van der Waals surface area contributed by atoms with E-state index in [4.69, 9.17) is 10.7 Å². The fourth-order valence-corrected chi connectivity index (χ4v) is 2.62. The van der Waals surface area contributed by atoms with Gasteiger partial charge in [-0.25, -0.2) is 4.98 Å². The van der Waals surface area contributed by atoms with Gasteiger partial charge in [-0.2, -0.15) is 0 Å². The Hall–Kier alpha value is -1.55. The number of anilines is 1. The maximum Gasteiger partial charge on any atom is 0.112 e. The standard InChI is InChI=1S/C15H24N4/c1-10(2)15-17-13-8-12(16)6-7-14(13)19(15)11(3)9-18(4)5/h6-8,10-11H,9,16H2,1-5H3. The molecule has 104 valence electrons. The Morgan fingerprint density at radius 2 is 1.95 bits per heavy atom. The summed E-state index contributed by atoms with van der Waals surface area (Å²) in [6.07, 6.45) is 0. The summed E-state index contributed by atoms with van der Waals surface area (Å²) >= 11 is 0. The Bertz CT molecular complexity index is 569. The average Bonchev–Trinajstić information content (AvgIpc) is 2.66. The molecule has 1 heterocycles. The Morgan fingerprint density at radius 1 is 1.26 bits per heavy atom. The molecular weight excluding hydrogens is 236 g/mol. The number of hydrogen-bond acceptors (Lipinski definition) is 3. The van der Waals surface area contributed by atoms with Gasteiger partial charge in [0, 0.05) is 24.2 Å². The van der Waals surface area contributed by atoms with Crippen molar-refractivity contribution in [3.05, 3.63) is 24.0 Å². The van der Waals surface area contributed by atoms with Crippen molar-refractivity contribution in [2.24, 2.45) is 0 Å². The minimum Gasteiger partial charge on any atom is -0.399 e. The molecule has 0 bridgehead atoms. The van der Waals surface area contributed by atoms with Crippen LogP contribution in [0.1, 0.15) is 38.6 Å². The van der Waals surface area contributed by atoms with Gasteiger partial charge in [0.15, 0.2) is 0 Å². The largest absolute Gasteiger partial charge is 0.399 e. The number of benzene rings is 1. The first-order valence-electron chi connectivity index (χ1n) is 6.82. The Balaban J connectivity index is 2.58. The minimum atomic E-state index is 0.390. The van der Waals surface area contributed by atoms with Gasteiger partial charge in [-0.15, -0.1) is 0 Å². The van der Waals surface area contributed by atoms with Crippen LogP contribution < -0.4 is 5.73 Å². The highest BCUT2D eigenvalue weighted by Gasteiger charge is 2.18. The van der Waals surface area contributed by atoms with E-state index in [1.165, 1.54) is 5.52 Å². The van der Waals surface area contributed by atoms with Crippen molar-refractivity contribution in [3.8, 4) is 0 Å². The lowest BCUT2D eigenvalue weighted by atomic mass is 10.2.